The zero-order chi connectivity index (χ0) is 22.9. The molecule has 0 fully saturated rings. The van der Waals surface area contributed by atoms with Gasteiger partial charge in [0, 0.05) is 44.2 Å². The monoisotopic (exact) mass is 440 g/mol. The number of rotatable bonds is 10. The second kappa shape index (κ2) is 11.6. The van der Waals surface area contributed by atoms with Gasteiger partial charge in [-0.05, 0) is 57.8 Å². The first-order valence-electron chi connectivity index (χ1n) is 11.2. The lowest BCUT2D eigenvalue weighted by Gasteiger charge is -2.16. The number of nitrogens with zero attached hydrogens (tertiary/aromatic N) is 2. The van der Waals surface area contributed by atoms with Crippen LogP contribution >= 0.6 is 0 Å². The molecule has 3 rings (SSSR count). The van der Waals surface area contributed by atoms with Crippen LogP contribution in [-0.2, 0) is 19.5 Å². The maximum Gasteiger partial charge on any atom is 0.191 e. The molecule has 1 aliphatic rings. The highest BCUT2D eigenvalue weighted by Gasteiger charge is 2.21. The molecule has 7 nitrogen and oxygen atoms in total. The minimum atomic E-state index is 0.208. The molecule has 1 aliphatic heterocycles. The van der Waals surface area contributed by atoms with Crippen LogP contribution in [0.25, 0.3) is 0 Å². The Hall–Kier alpha value is -2.93. The van der Waals surface area contributed by atoms with E-state index >= 15 is 0 Å². The van der Waals surface area contributed by atoms with E-state index in [-0.39, 0.29) is 6.10 Å². The van der Waals surface area contributed by atoms with E-state index in [4.69, 9.17) is 14.2 Å². The summed E-state index contributed by atoms with van der Waals surface area (Å²) in [6.45, 7) is 7.51. The quantitative estimate of drug-likeness (QED) is 0.437. The number of benzene rings is 2. The molecule has 7 heteroatoms. The third-order valence-electron chi connectivity index (χ3n) is 5.21. The predicted octanol–water partition coefficient (Wildman–Crippen LogP) is 3.21. The van der Waals surface area contributed by atoms with Gasteiger partial charge in [-0.2, -0.15) is 0 Å². The molecule has 0 saturated carbocycles. The summed E-state index contributed by atoms with van der Waals surface area (Å²) in [4.78, 5) is 6.46. The summed E-state index contributed by atoms with van der Waals surface area (Å²) >= 11 is 0. The second-order valence-electron chi connectivity index (χ2n) is 8.21. The highest BCUT2D eigenvalue weighted by atomic mass is 16.5. The number of ether oxygens (including phenoxy) is 3. The van der Waals surface area contributed by atoms with E-state index in [2.05, 4.69) is 51.7 Å². The highest BCUT2D eigenvalue weighted by molar-refractivity contribution is 5.79. The van der Waals surface area contributed by atoms with E-state index in [1.54, 1.807) is 7.05 Å². The van der Waals surface area contributed by atoms with Crippen LogP contribution in [0.3, 0.4) is 0 Å². The van der Waals surface area contributed by atoms with Crippen molar-refractivity contribution in [2.24, 2.45) is 4.99 Å². The Labute approximate surface area is 191 Å². The number of aliphatic imine (C=N–C) groups is 1. The first-order valence-corrected chi connectivity index (χ1v) is 11.2. The van der Waals surface area contributed by atoms with Crippen LogP contribution < -0.4 is 24.8 Å². The lowest BCUT2D eigenvalue weighted by Crippen LogP contribution is -2.36. The summed E-state index contributed by atoms with van der Waals surface area (Å²) in [5, 5.41) is 6.76. The standard InChI is InChI=1S/C25H36N4O3/c1-6-30-23-14-20-12-18(2)32-24(20)15-21(23)17-28-25(26-3)27-16-19-8-7-9-22(13-19)31-11-10-29(4)5/h7-9,13-15,18H,6,10-12,16-17H2,1-5H3,(H2,26,27,28). The van der Waals surface area contributed by atoms with Crippen LogP contribution in [0, 0.1) is 0 Å². The number of fused-ring (bicyclic) bond motifs is 1. The van der Waals surface area contributed by atoms with Crippen molar-refractivity contribution in [2.45, 2.75) is 39.5 Å². The van der Waals surface area contributed by atoms with E-state index in [0.717, 1.165) is 47.3 Å². The summed E-state index contributed by atoms with van der Waals surface area (Å²) < 4.78 is 17.6. The molecule has 1 atom stereocenters. The molecular formula is C25H36N4O3. The fourth-order valence-electron chi connectivity index (χ4n) is 3.59. The Kier molecular flexibility index (Phi) is 8.62. The minimum Gasteiger partial charge on any atom is -0.494 e. The first-order chi connectivity index (χ1) is 15.5. The van der Waals surface area contributed by atoms with Gasteiger partial charge < -0.3 is 29.7 Å². The molecule has 174 valence electrons. The summed E-state index contributed by atoms with van der Waals surface area (Å²) in [5.74, 6) is 3.45. The van der Waals surface area contributed by atoms with Gasteiger partial charge in [0.25, 0.3) is 0 Å². The summed E-state index contributed by atoms with van der Waals surface area (Å²) in [5.41, 5.74) is 3.39. The fraction of sp³-hybridized carbons (Fsp3) is 0.480. The van der Waals surface area contributed by atoms with Gasteiger partial charge >= 0.3 is 0 Å². The fourth-order valence-corrected chi connectivity index (χ4v) is 3.59. The topological polar surface area (TPSA) is 67.3 Å². The van der Waals surface area contributed by atoms with Gasteiger partial charge in [-0.25, -0.2) is 0 Å². The van der Waals surface area contributed by atoms with E-state index in [0.29, 0.717) is 26.3 Å². The predicted molar refractivity (Wildman–Crippen MR) is 129 cm³/mol. The van der Waals surface area contributed by atoms with Gasteiger partial charge in [-0.3, -0.25) is 4.99 Å². The smallest absolute Gasteiger partial charge is 0.191 e. The van der Waals surface area contributed by atoms with Crippen molar-refractivity contribution in [3.05, 3.63) is 53.1 Å². The Balaban J connectivity index is 1.56. The van der Waals surface area contributed by atoms with Crippen LogP contribution in [-0.4, -0.2) is 57.9 Å². The van der Waals surface area contributed by atoms with E-state index in [1.807, 2.05) is 33.2 Å². The average Bonchev–Trinajstić information content (AvgIpc) is 3.13. The second-order valence-corrected chi connectivity index (χ2v) is 8.21. The van der Waals surface area contributed by atoms with Gasteiger partial charge in [0.1, 0.15) is 30.0 Å². The van der Waals surface area contributed by atoms with Gasteiger partial charge in [-0.15, -0.1) is 0 Å². The van der Waals surface area contributed by atoms with Crippen molar-refractivity contribution in [2.75, 3.05) is 40.9 Å². The molecule has 0 amide bonds. The molecule has 0 bridgehead atoms. The van der Waals surface area contributed by atoms with Crippen LogP contribution in [0.5, 0.6) is 17.2 Å². The van der Waals surface area contributed by atoms with Gasteiger partial charge in [0.15, 0.2) is 5.96 Å². The van der Waals surface area contributed by atoms with Crippen molar-refractivity contribution < 1.29 is 14.2 Å². The summed E-state index contributed by atoms with van der Waals surface area (Å²) in [7, 11) is 5.85. The third kappa shape index (κ3) is 6.79. The molecule has 2 aromatic carbocycles. The third-order valence-corrected chi connectivity index (χ3v) is 5.21. The number of guanidine groups is 1. The molecule has 1 heterocycles. The molecule has 0 radical (unpaired) electrons. The first kappa shape index (κ1) is 23.7. The normalized spacial score (nSPS) is 15.3. The number of likely N-dealkylation sites (N-methyl/N-ethyl adjacent to an activating group) is 1. The van der Waals surface area contributed by atoms with Crippen LogP contribution in [0.15, 0.2) is 41.4 Å². The Morgan fingerprint density at radius 3 is 2.72 bits per heavy atom. The molecule has 0 aromatic heterocycles. The minimum absolute atomic E-state index is 0.208. The van der Waals surface area contributed by atoms with Gasteiger partial charge in [0.2, 0.25) is 0 Å². The Bertz CT molecular complexity index is 914. The van der Waals surface area contributed by atoms with E-state index < -0.39 is 0 Å². The zero-order valence-electron chi connectivity index (χ0n) is 19.9. The largest absolute Gasteiger partial charge is 0.494 e. The molecule has 0 saturated heterocycles. The molecule has 2 aromatic rings. The van der Waals surface area contributed by atoms with Crippen LogP contribution in [0.1, 0.15) is 30.5 Å². The Morgan fingerprint density at radius 1 is 1.16 bits per heavy atom. The van der Waals surface area contributed by atoms with Crippen molar-refractivity contribution in [3.8, 4) is 17.2 Å². The maximum absolute atomic E-state index is 5.93. The molecule has 2 N–H and O–H groups in total. The lowest BCUT2D eigenvalue weighted by molar-refractivity contribution is 0.254. The van der Waals surface area contributed by atoms with E-state index in [1.165, 1.54) is 5.56 Å². The summed E-state index contributed by atoms with van der Waals surface area (Å²) in [6, 6.07) is 12.3. The number of hydrogen-bond acceptors (Lipinski definition) is 5. The molecule has 1 unspecified atom stereocenters. The number of nitrogens with one attached hydrogen (secondary N) is 2. The average molecular weight is 441 g/mol. The molecular weight excluding hydrogens is 404 g/mol. The van der Waals surface area contributed by atoms with Crippen LogP contribution in [0.2, 0.25) is 0 Å². The summed E-state index contributed by atoms with van der Waals surface area (Å²) in [6.07, 6.45) is 1.13. The lowest BCUT2D eigenvalue weighted by atomic mass is 10.1. The van der Waals surface area contributed by atoms with Gasteiger partial charge in [0.05, 0.1) is 6.61 Å². The molecule has 0 spiro atoms. The maximum atomic E-state index is 5.93. The van der Waals surface area contributed by atoms with Crippen molar-refractivity contribution in [1.29, 1.82) is 0 Å². The molecule has 0 aliphatic carbocycles. The van der Waals surface area contributed by atoms with Crippen LogP contribution in [0.4, 0.5) is 0 Å². The highest BCUT2D eigenvalue weighted by Crippen LogP contribution is 2.35. The van der Waals surface area contributed by atoms with Crippen molar-refractivity contribution in [3.63, 3.8) is 0 Å². The SMILES string of the molecule is CCOc1cc2c(cc1CNC(=NC)NCc1cccc(OCCN(C)C)c1)OC(C)C2. The van der Waals surface area contributed by atoms with Gasteiger partial charge in [-0.1, -0.05) is 12.1 Å². The zero-order valence-corrected chi connectivity index (χ0v) is 19.9. The molecule has 32 heavy (non-hydrogen) atoms. The Morgan fingerprint density at radius 2 is 1.97 bits per heavy atom. The number of hydrogen-bond donors (Lipinski definition) is 2. The van der Waals surface area contributed by atoms with Crippen molar-refractivity contribution >= 4 is 5.96 Å². The van der Waals surface area contributed by atoms with E-state index in [9.17, 15) is 0 Å². The van der Waals surface area contributed by atoms with Crippen molar-refractivity contribution in [1.82, 2.24) is 15.5 Å².